The summed E-state index contributed by atoms with van der Waals surface area (Å²) in [6, 6.07) is 7.54. The first-order valence-corrected chi connectivity index (χ1v) is 9.47. The SMILES string of the molecule is O=C(Nc1ncc(C2CCCCC2)cn1)c1cccn1Cc1ccncc1. The molecule has 0 bridgehead atoms. The molecule has 4 rings (SSSR count). The van der Waals surface area contributed by atoms with E-state index in [0.717, 1.165) is 5.56 Å². The second kappa shape index (κ2) is 8.12. The maximum absolute atomic E-state index is 12.6. The van der Waals surface area contributed by atoms with Gasteiger partial charge in [0.05, 0.1) is 0 Å². The van der Waals surface area contributed by atoms with Crippen LogP contribution in [0.4, 0.5) is 5.95 Å². The monoisotopic (exact) mass is 361 g/mol. The summed E-state index contributed by atoms with van der Waals surface area (Å²) in [6.07, 6.45) is 15.4. The lowest BCUT2D eigenvalue weighted by Gasteiger charge is -2.21. The Morgan fingerprint density at radius 2 is 1.81 bits per heavy atom. The molecule has 3 heterocycles. The number of anilines is 1. The highest BCUT2D eigenvalue weighted by molar-refractivity contribution is 6.02. The van der Waals surface area contributed by atoms with Gasteiger partial charge in [0.15, 0.2) is 0 Å². The van der Waals surface area contributed by atoms with E-state index in [0.29, 0.717) is 24.1 Å². The standard InChI is InChI=1S/C21H23N5O/c27-20(19-7-4-12-26(19)15-16-8-10-22-11-9-16)25-21-23-13-18(14-24-21)17-5-2-1-3-6-17/h4,7-14,17H,1-3,5-6,15H2,(H,23,24,25,27). The van der Waals surface area contributed by atoms with Crippen LogP contribution in [0.2, 0.25) is 0 Å². The maximum atomic E-state index is 12.6. The molecule has 27 heavy (non-hydrogen) atoms. The molecular weight excluding hydrogens is 338 g/mol. The molecule has 1 aliphatic carbocycles. The molecular formula is C21H23N5O. The van der Waals surface area contributed by atoms with Gasteiger partial charge >= 0.3 is 0 Å². The molecule has 0 unspecified atom stereocenters. The molecule has 3 aromatic heterocycles. The Labute approximate surface area is 158 Å². The highest BCUT2D eigenvalue weighted by Gasteiger charge is 2.17. The van der Waals surface area contributed by atoms with E-state index < -0.39 is 0 Å². The minimum absolute atomic E-state index is 0.209. The van der Waals surface area contributed by atoms with Crippen LogP contribution in [0.5, 0.6) is 0 Å². The van der Waals surface area contributed by atoms with E-state index in [9.17, 15) is 4.79 Å². The fraction of sp³-hybridized carbons (Fsp3) is 0.333. The quantitative estimate of drug-likeness (QED) is 0.745. The van der Waals surface area contributed by atoms with Crippen LogP contribution in [-0.2, 0) is 6.54 Å². The summed E-state index contributed by atoms with van der Waals surface area (Å²) < 4.78 is 1.90. The summed E-state index contributed by atoms with van der Waals surface area (Å²) in [5, 5.41) is 2.81. The van der Waals surface area contributed by atoms with E-state index in [4.69, 9.17) is 0 Å². The number of amides is 1. The molecule has 0 aliphatic heterocycles. The second-order valence-electron chi connectivity index (χ2n) is 7.01. The molecule has 1 saturated carbocycles. The van der Waals surface area contributed by atoms with E-state index in [-0.39, 0.29) is 5.91 Å². The third-order valence-electron chi connectivity index (χ3n) is 5.14. The number of hydrogen-bond donors (Lipinski definition) is 1. The highest BCUT2D eigenvalue weighted by Crippen LogP contribution is 2.31. The van der Waals surface area contributed by atoms with Crippen molar-refractivity contribution < 1.29 is 4.79 Å². The van der Waals surface area contributed by atoms with Gasteiger partial charge in [-0.05, 0) is 54.2 Å². The topological polar surface area (TPSA) is 72.7 Å². The smallest absolute Gasteiger partial charge is 0.274 e. The van der Waals surface area contributed by atoms with Crippen LogP contribution < -0.4 is 5.32 Å². The van der Waals surface area contributed by atoms with E-state index in [1.165, 1.54) is 37.7 Å². The van der Waals surface area contributed by atoms with Gasteiger partial charge < -0.3 is 4.57 Å². The molecule has 1 amide bonds. The number of nitrogens with one attached hydrogen (secondary N) is 1. The fourth-order valence-electron chi connectivity index (χ4n) is 3.66. The van der Waals surface area contributed by atoms with Crippen LogP contribution in [0.15, 0.2) is 55.2 Å². The van der Waals surface area contributed by atoms with Crippen molar-refractivity contribution >= 4 is 11.9 Å². The lowest BCUT2D eigenvalue weighted by molar-refractivity contribution is 0.101. The van der Waals surface area contributed by atoms with Gasteiger partial charge in [-0.15, -0.1) is 0 Å². The summed E-state index contributed by atoms with van der Waals surface area (Å²) in [7, 11) is 0. The Morgan fingerprint density at radius 1 is 1.07 bits per heavy atom. The van der Waals surface area contributed by atoms with Crippen LogP contribution in [-0.4, -0.2) is 25.4 Å². The molecule has 138 valence electrons. The Morgan fingerprint density at radius 3 is 2.56 bits per heavy atom. The summed E-state index contributed by atoms with van der Waals surface area (Å²) in [4.78, 5) is 25.4. The van der Waals surface area contributed by atoms with Gasteiger partial charge in [0, 0.05) is 37.5 Å². The van der Waals surface area contributed by atoms with Gasteiger partial charge in [0.1, 0.15) is 5.69 Å². The van der Waals surface area contributed by atoms with Crippen molar-refractivity contribution in [2.75, 3.05) is 5.32 Å². The van der Waals surface area contributed by atoms with Gasteiger partial charge in [-0.3, -0.25) is 15.1 Å². The number of carbonyl (C=O) groups excluding carboxylic acids is 1. The zero-order chi connectivity index (χ0) is 18.5. The molecule has 1 N–H and O–H groups in total. The number of carbonyl (C=O) groups is 1. The van der Waals surface area contributed by atoms with Crippen molar-refractivity contribution in [3.8, 4) is 0 Å². The van der Waals surface area contributed by atoms with Crippen LogP contribution in [0, 0.1) is 0 Å². The van der Waals surface area contributed by atoms with E-state index in [1.54, 1.807) is 18.5 Å². The fourth-order valence-corrected chi connectivity index (χ4v) is 3.66. The molecule has 1 aliphatic rings. The molecule has 0 aromatic carbocycles. The molecule has 0 atom stereocenters. The van der Waals surface area contributed by atoms with Gasteiger partial charge in [-0.25, -0.2) is 9.97 Å². The average molecular weight is 361 g/mol. The molecule has 0 radical (unpaired) electrons. The predicted octanol–water partition coefficient (Wildman–Crippen LogP) is 4.02. The lowest BCUT2D eigenvalue weighted by Crippen LogP contribution is -2.19. The molecule has 3 aromatic rings. The van der Waals surface area contributed by atoms with E-state index >= 15 is 0 Å². The third kappa shape index (κ3) is 4.22. The first kappa shape index (κ1) is 17.4. The minimum atomic E-state index is -0.209. The van der Waals surface area contributed by atoms with Crippen LogP contribution in [0.1, 0.15) is 59.6 Å². The minimum Gasteiger partial charge on any atom is -0.339 e. The average Bonchev–Trinajstić information content (AvgIpc) is 3.18. The Bertz CT molecular complexity index is 882. The molecule has 0 saturated heterocycles. The van der Waals surface area contributed by atoms with Crippen molar-refractivity contribution in [2.45, 2.75) is 44.6 Å². The number of nitrogens with zero attached hydrogens (tertiary/aromatic N) is 4. The van der Waals surface area contributed by atoms with Crippen LogP contribution in [0.3, 0.4) is 0 Å². The summed E-state index contributed by atoms with van der Waals surface area (Å²) >= 11 is 0. The van der Waals surface area contributed by atoms with Crippen molar-refractivity contribution in [1.82, 2.24) is 19.5 Å². The number of hydrogen-bond acceptors (Lipinski definition) is 4. The van der Waals surface area contributed by atoms with Crippen molar-refractivity contribution in [1.29, 1.82) is 0 Å². The number of rotatable bonds is 5. The van der Waals surface area contributed by atoms with Crippen LogP contribution in [0.25, 0.3) is 0 Å². The van der Waals surface area contributed by atoms with Gasteiger partial charge in [-0.2, -0.15) is 0 Å². The highest BCUT2D eigenvalue weighted by atomic mass is 16.2. The zero-order valence-electron chi connectivity index (χ0n) is 15.2. The van der Waals surface area contributed by atoms with Gasteiger partial charge in [-0.1, -0.05) is 19.3 Å². The first-order chi connectivity index (χ1) is 13.3. The Kier molecular flexibility index (Phi) is 5.23. The summed E-state index contributed by atoms with van der Waals surface area (Å²) in [5.74, 6) is 0.691. The second-order valence-corrected chi connectivity index (χ2v) is 7.01. The largest absolute Gasteiger partial charge is 0.339 e. The summed E-state index contributed by atoms with van der Waals surface area (Å²) in [6.45, 7) is 0.611. The van der Waals surface area contributed by atoms with Gasteiger partial charge in [0.25, 0.3) is 5.91 Å². The van der Waals surface area contributed by atoms with Crippen molar-refractivity contribution in [2.24, 2.45) is 0 Å². The number of pyridine rings is 1. The maximum Gasteiger partial charge on any atom is 0.274 e. The molecule has 1 fully saturated rings. The molecule has 6 heteroatoms. The summed E-state index contributed by atoms with van der Waals surface area (Å²) in [5.41, 5.74) is 2.84. The van der Waals surface area contributed by atoms with E-state index in [1.807, 2.05) is 41.4 Å². The zero-order valence-corrected chi connectivity index (χ0v) is 15.2. The van der Waals surface area contributed by atoms with Crippen LogP contribution >= 0.6 is 0 Å². The first-order valence-electron chi connectivity index (χ1n) is 9.47. The molecule has 0 spiro atoms. The Balaban J connectivity index is 1.43. The number of aromatic nitrogens is 4. The van der Waals surface area contributed by atoms with Gasteiger partial charge in [0.2, 0.25) is 5.95 Å². The van der Waals surface area contributed by atoms with Crippen molar-refractivity contribution in [3.05, 3.63) is 72.1 Å². The van der Waals surface area contributed by atoms with Crippen molar-refractivity contribution in [3.63, 3.8) is 0 Å². The normalized spacial score (nSPS) is 14.8. The van der Waals surface area contributed by atoms with E-state index in [2.05, 4.69) is 20.3 Å². The predicted molar refractivity (Wildman–Crippen MR) is 104 cm³/mol. The lowest BCUT2D eigenvalue weighted by atomic mass is 9.85. The Hall–Kier alpha value is -3.02. The third-order valence-corrected chi connectivity index (χ3v) is 5.14. The molecule has 6 nitrogen and oxygen atoms in total.